The highest BCUT2D eigenvalue weighted by atomic mass is 35.5. The highest BCUT2D eigenvalue weighted by Crippen LogP contribution is 2.65. The molecule has 1 aliphatic rings. The first-order valence-corrected chi connectivity index (χ1v) is 11.5. The third-order valence-corrected chi connectivity index (χ3v) is 7.21. The van der Waals surface area contributed by atoms with E-state index < -0.39 is 16.2 Å². The van der Waals surface area contributed by atoms with Gasteiger partial charge >= 0.3 is 0 Å². The lowest BCUT2D eigenvalue weighted by atomic mass is 10.1. The Bertz CT molecular complexity index is 1260. The molecule has 3 aromatic rings. The summed E-state index contributed by atoms with van der Waals surface area (Å²) in [5, 5.41) is 6.41. The average Bonchev–Trinajstić information content (AvgIpc) is 3.34. The zero-order valence-corrected chi connectivity index (χ0v) is 20.4. The van der Waals surface area contributed by atoms with Gasteiger partial charge in [0.1, 0.15) is 4.33 Å². The third kappa shape index (κ3) is 4.92. The number of benzene rings is 3. The maximum absolute atomic E-state index is 12.9. The molecule has 3 aromatic carbocycles. The fraction of sp³-hybridized carbons (Fsp3) is 0.167. The quantitative estimate of drug-likeness (QED) is 0.258. The fourth-order valence-corrected chi connectivity index (χ4v) is 4.89. The number of hydrogen-bond donors (Lipinski definition) is 3. The van der Waals surface area contributed by atoms with Gasteiger partial charge in [0.15, 0.2) is 0 Å². The van der Waals surface area contributed by atoms with Crippen molar-refractivity contribution in [3.05, 3.63) is 87.4 Å². The molecule has 4 rings (SSSR count). The number of hydrogen-bond acceptors (Lipinski definition) is 3. The summed E-state index contributed by atoms with van der Waals surface area (Å²) >= 11 is 24.9. The second-order valence-electron chi connectivity index (χ2n) is 7.90. The molecule has 1 saturated carbocycles. The zero-order chi connectivity index (χ0) is 23.9. The van der Waals surface area contributed by atoms with Crippen molar-refractivity contribution >= 4 is 75.3 Å². The average molecular weight is 523 g/mol. The Balaban J connectivity index is 1.47. The van der Waals surface area contributed by atoms with E-state index in [2.05, 4.69) is 10.6 Å². The topological polar surface area (TPSA) is 84.2 Å². The monoisotopic (exact) mass is 521 g/mol. The number of anilines is 3. The molecule has 5 nitrogen and oxygen atoms in total. The van der Waals surface area contributed by atoms with E-state index in [-0.39, 0.29) is 11.8 Å². The maximum atomic E-state index is 12.9. The van der Waals surface area contributed by atoms with Crippen LogP contribution >= 0.6 is 46.4 Å². The number of amides is 2. The van der Waals surface area contributed by atoms with E-state index in [9.17, 15) is 9.59 Å². The van der Waals surface area contributed by atoms with Gasteiger partial charge in [0.2, 0.25) is 5.91 Å². The van der Waals surface area contributed by atoms with Crippen molar-refractivity contribution in [3.8, 4) is 0 Å². The molecule has 0 spiro atoms. The second kappa shape index (κ2) is 9.07. The number of alkyl halides is 2. The predicted octanol–water partition coefficient (Wildman–Crippen LogP) is 6.66. The Kier molecular flexibility index (Phi) is 6.52. The zero-order valence-electron chi connectivity index (χ0n) is 17.3. The molecule has 0 saturated heterocycles. The maximum Gasteiger partial charge on any atom is 0.255 e. The molecule has 0 aromatic heterocycles. The molecule has 1 fully saturated rings. The molecular formula is C24H19Cl4N3O2. The van der Waals surface area contributed by atoms with Crippen molar-refractivity contribution < 1.29 is 9.59 Å². The minimum atomic E-state index is -1.27. The molecule has 1 aliphatic carbocycles. The fourth-order valence-electron chi connectivity index (χ4n) is 3.75. The van der Waals surface area contributed by atoms with Crippen LogP contribution in [0.2, 0.25) is 10.0 Å². The third-order valence-electron chi connectivity index (χ3n) is 5.53. The van der Waals surface area contributed by atoms with Crippen molar-refractivity contribution in [2.45, 2.75) is 17.2 Å². The summed E-state index contributed by atoms with van der Waals surface area (Å²) in [4.78, 5) is 25.6. The summed E-state index contributed by atoms with van der Waals surface area (Å²) in [6.07, 6.45) is 0. The van der Waals surface area contributed by atoms with Crippen molar-refractivity contribution in [3.63, 3.8) is 0 Å². The predicted molar refractivity (Wildman–Crippen MR) is 136 cm³/mol. The Labute approximate surface area is 211 Å². The summed E-state index contributed by atoms with van der Waals surface area (Å²) in [5.74, 6) is -1.80. The Hall–Kier alpha value is -2.44. The number of halogens is 4. The SMILES string of the molecule is Cc1cc(N)ccc1NC(=O)c1cccc(NC(=O)[C@H]2[C@H](c3ccc(Cl)c(Cl)c3)C2(Cl)Cl)c1. The Morgan fingerprint density at radius 1 is 0.939 bits per heavy atom. The van der Waals surface area contributed by atoms with Crippen LogP contribution in [0.4, 0.5) is 17.1 Å². The molecule has 0 radical (unpaired) electrons. The Morgan fingerprint density at radius 3 is 2.39 bits per heavy atom. The van der Waals surface area contributed by atoms with Crippen LogP contribution < -0.4 is 16.4 Å². The summed E-state index contributed by atoms with van der Waals surface area (Å²) in [6, 6.07) is 16.9. The summed E-state index contributed by atoms with van der Waals surface area (Å²) in [5.41, 5.74) is 9.42. The smallest absolute Gasteiger partial charge is 0.255 e. The van der Waals surface area contributed by atoms with Crippen LogP contribution in [-0.4, -0.2) is 16.1 Å². The molecule has 33 heavy (non-hydrogen) atoms. The van der Waals surface area contributed by atoms with Crippen LogP contribution in [0, 0.1) is 12.8 Å². The van der Waals surface area contributed by atoms with Crippen LogP contribution in [0.15, 0.2) is 60.7 Å². The van der Waals surface area contributed by atoms with Gasteiger partial charge in [-0.3, -0.25) is 9.59 Å². The van der Waals surface area contributed by atoms with Crippen molar-refractivity contribution in [1.29, 1.82) is 0 Å². The van der Waals surface area contributed by atoms with E-state index >= 15 is 0 Å². The molecule has 0 heterocycles. The van der Waals surface area contributed by atoms with E-state index in [0.717, 1.165) is 11.1 Å². The van der Waals surface area contributed by atoms with E-state index in [1.165, 1.54) is 0 Å². The first kappa shape index (κ1) is 23.7. The van der Waals surface area contributed by atoms with Crippen molar-refractivity contribution in [1.82, 2.24) is 0 Å². The first-order chi connectivity index (χ1) is 15.6. The lowest BCUT2D eigenvalue weighted by molar-refractivity contribution is -0.117. The minimum Gasteiger partial charge on any atom is -0.399 e. The van der Waals surface area contributed by atoms with E-state index in [4.69, 9.17) is 52.1 Å². The lowest BCUT2D eigenvalue weighted by Crippen LogP contribution is -2.18. The molecular weight excluding hydrogens is 504 g/mol. The summed E-state index contributed by atoms with van der Waals surface area (Å²) in [7, 11) is 0. The largest absolute Gasteiger partial charge is 0.399 e. The van der Waals surface area contributed by atoms with Gasteiger partial charge in [0.05, 0.1) is 16.0 Å². The summed E-state index contributed by atoms with van der Waals surface area (Å²) in [6.45, 7) is 1.85. The number of aryl methyl sites for hydroxylation is 1. The van der Waals surface area contributed by atoms with Crippen LogP contribution in [0.25, 0.3) is 0 Å². The first-order valence-electron chi connectivity index (χ1n) is 9.99. The van der Waals surface area contributed by atoms with Crippen molar-refractivity contribution in [2.24, 2.45) is 5.92 Å². The Morgan fingerprint density at radius 2 is 1.70 bits per heavy atom. The number of carbonyl (C=O) groups is 2. The molecule has 4 N–H and O–H groups in total. The molecule has 0 aliphatic heterocycles. The van der Waals surface area contributed by atoms with Crippen LogP contribution in [0.5, 0.6) is 0 Å². The van der Waals surface area contributed by atoms with Gasteiger partial charge in [0.25, 0.3) is 5.91 Å². The van der Waals surface area contributed by atoms with Gasteiger partial charge in [-0.1, -0.05) is 35.3 Å². The van der Waals surface area contributed by atoms with Crippen LogP contribution in [0.3, 0.4) is 0 Å². The second-order valence-corrected chi connectivity index (χ2v) is 10.2. The molecule has 0 unspecified atom stereocenters. The van der Waals surface area contributed by atoms with Gasteiger partial charge < -0.3 is 16.4 Å². The minimum absolute atomic E-state index is 0.317. The highest BCUT2D eigenvalue weighted by molar-refractivity contribution is 6.53. The molecule has 170 valence electrons. The van der Waals surface area contributed by atoms with Gasteiger partial charge in [-0.05, 0) is 66.6 Å². The molecule has 2 amide bonds. The molecule has 0 bridgehead atoms. The number of carbonyl (C=O) groups excluding carboxylic acids is 2. The number of nitrogens with one attached hydrogen (secondary N) is 2. The number of rotatable bonds is 5. The standard InChI is InChI=1S/C24H19Cl4N3O2/c1-12-9-15(29)6-8-19(12)31-22(32)14-3-2-4-16(10-14)30-23(33)21-20(24(21,27)28)13-5-7-17(25)18(26)11-13/h2-11,20-21H,29H2,1H3,(H,30,33)(H,31,32)/t20-,21+/m0/s1. The van der Waals surface area contributed by atoms with Gasteiger partial charge in [-0.25, -0.2) is 0 Å². The van der Waals surface area contributed by atoms with E-state index in [1.807, 2.05) is 6.92 Å². The van der Waals surface area contributed by atoms with E-state index in [1.54, 1.807) is 60.7 Å². The van der Waals surface area contributed by atoms with Crippen LogP contribution in [-0.2, 0) is 4.79 Å². The molecule has 2 atom stereocenters. The van der Waals surface area contributed by atoms with Gasteiger partial charge in [-0.15, -0.1) is 23.2 Å². The van der Waals surface area contributed by atoms with Crippen molar-refractivity contribution in [2.75, 3.05) is 16.4 Å². The van der Waals surface area contributed by atoms with Crippen LogP contribution in [0.1, 0.15) is 27.4 Å². The number of nitrogen functional groups attached to an aromatic ring is 1. The van der Waals surface area contributed by atoms with E-state index in [0.29, 0.717) is 32.7 Å². The van der Waals surface area contributed by atoms with Gasteiger partial charge in [-0.2, -0.15) is 0 Å². The summed E-state index contributed by atoms with van der Waals surface area (Å²) < 4.78 is -1.27. The highest BCUT2D eigenvalue weighted by Gasteiger charge is 2.67. The lowest BCUT2D eigenvalue weighted by Gasteiger charge is -2.11. The normalized spacial score (nSPS) is 18.5. The molecule has 9 heteroatoms. The number of nitrogens with two attached hydrogens (primary N) is 1. The van der Waals surface area contributed by atoms with Gasteiger partial charge in [0, 0.05) is 28.5 Å².